The number of hydrogen-bond acceptors (Lipinski definition) is 2. The number of benzene rings is 1. The van der Waals surface area contributed by atoms with E-state index in [4.69, 9.17) is 5.73 Å². The lowest BCUT2D eigenvalue weighted by Gasteiger charge is -2.11. The van der Waals surface area contributed by atoms with E-state index in [1.54, 1.807) is 0 Å². The van der Waals surface area contributed by atoms with Gasteiger partial charge in [-0.15, -0.1) is 0 Å². The largest absolute Gasteiger partial charge is 0.353 e. The number of rotatable bonds is 3. The average Bonchev–Trinajstić information content (AvgIpc) is 3.03. The van der Waals surface area contributed by atoms with Crippen molar-refractivity contribution in [3.8, 4) is 11.4 Å². The second-order valence-corrected chi connectivity index (χ2v) is 5.22. The minimum Gasteiger partial charge on any atom is -0.353 e. The third kappa shape index (κ3) is 2.15. The summed E-state index contributed by atoms with van der Waals surface area (Å²) >= 11 is 0. The van der Waals surface area contributed by atoms with E-state index in [1.807, 2.05) is 18.3 Å². The van der Waals surface area contributed by atoms with E-state index in [2.05, 4.69) is 47.0 Å². The SMILES string of the molecule is CC(C)[C@H](N)c1ncc(-c2cc3ccccc3[nH]2)[nH]1. The zero-order valence-corrected chi connectivity index (χ0v) is 11.1. The van der Waals surface area contributed by atoms with Crippen LogP contribution in [0.1, 0.15) is 25.7 Å². The van der Waals surface area contributed by atoms with Crippen LogP contribution in [0.2, 0.25) is 0 Å². The van der Waals surface area contributed by atoms with Crippen LogP contribution < -0.4 is 5.73 Å². The third-order valence-electron chi connectivity index (χ3n) is 3.45. The normalized spacial score (nSPS) is 13.3. The quantitative estimate of drug-likeness (QED) is 0.671. The molecule has 0 radical (unpaired) electrons. The molecule has 19 heavy (non-hydrogen) atoms. The van der Waals surface area contributed by atoms with Gasteiger partial charge in [-0.3, -0.25) is 0 Å². The van der Waals surface area contributed by atoms with Crippen LogP contribution in [-0.4, -0.2) is 15.0 Å². The first-order valence-corrected chi connectivity index (χ1v) is 6.54. The molecule has 2 aromatic heterocycles. The number of nitrogens with zero attached hydrogens (tertiary/aromatic N) is 1. The number of aromatic nitrogens is 3. The maximum absolute atomic E-state index is 6.10. The Balaban J connectivity index is 1.98. The lowest BCUT2D eigenvalue weighted by atomic mass is 10.1. The Bertz CT molecular complexity index is 660. The first-order valence-electron chi connectivity index (χ1n) is 6.54. The van der Waals surface area contributed by atoms with Gasteiger partial charge in [-0.1, -0.05) is 32.0 Å². The van der Waals surface area contributed by atoms with Gasteiger partial charge in [-0.05, 0) is 18.1 Å². The van der Waals surface area contributed by atoms with E-state index >= 15 is 0 Å². The molecule has 0 spiro atoms. The summed E-state index contributed by atoms with van der Waals surface area (Å²) in [5.74, 6) is 1.20. The Morgan fingerprint density at radius 1 is 1.11 bits per heavy atom. The lowest BCUT2D eigenvalue weighted by Crippen LogP contribution is -2.18. The summed E-state index contributed by atoms with van der Waals surface area (Å²) in [6.45, 7) is 4.19. The number of H-pyrrole nitrogens is 2. The first-order chi connectivity index (χ1) is 9.15. The molecule has 4 nitrogen and oxygen atoms in total. The number of para-hydroxylation sites is 1. The Labute approximate surface area is 112 Å². The number of nitrogens with one attached hydrogen (secondary N) is 2. The van der Waals surface area contributed by atoms with Crippen molar-refractivity contribution in [3.05, 3.63) is 42.4 Å². The summed E-state index contributed by atoms with van der Waals surface area (Å²) in [4.78, 5) is 11.1. The number of aromatic amines is 2. The molecule has 1 aromatic carbocycles. The molecule has 0 amide bonds. The summed E-state index contributed by atoms with van der Waals surface area (Å²) in [5.41, 5.74) is 9.24. The van der Waals surface area contributed by atoms with Crippen LogP contribution in [0, 0.1) is 5.92 Å². The molecule has 4 N–H and O–H groups in total. The Hall–Kier alpha value is -2.07. The zero-order valence-electron chi connectivity index (χ0n) is 11.1. The minimum absolute atomic E-state index is 0.0573. The maximum Gasteiger partial charge on any atom is 0.123 e. The van der Waals surface area contributed by atoms with Crippen molar-refractivity contribution in [1.82, 2.24) is 15.0 Å². The van der Waals surface area contributed by atoms with Crippen molar-refractivity contribution in [2.45, 2.75) is 19.9 Å². The fourth-order valence-electron chi connectivity index (χ4n) is 2.18. The molecule has 0 saturated carbocycles. The van der Waals surface area contributed by atoms with Crippen molar-refractivity contribution in [1.29, 1.82) is 0 Å². The van der Waals surface area contributed by atoms with E-state index in [9.17, 15) is 0 Å². The van der Waals surface area contributed by atoms with Crippen LogP contribution in [0.15, 0.2) is 36.5 Å². The number of hydrogen-bond donors (Lipinski definition) is 3. The summed E-state index contributed by atoms with van der Waals surface area (Å²) in [6.07, 6.45) is 1.84. The highest BCUT2D eigenvalue weighted by Gasteiger charge is 2.15. The number of nitrogens with two attached hydrogens (primary N) is 1. The smallest absolute Gasteiger partial charge is 0.123 e. The molecule has 0 saturated heterocycles. The van der Waals surface area contributed by atoms with E-state index in [0.717, 1.165) is 22.7 Å². The van der Waals surface area contributed by atoms with Gasteiger partial charge in [-0.25, -0.2) is 4.98 Å². The van der Waals surface area contributed by atoms with Crippen molar-refractivity contribution in [3.63, 3.8) is 0 Å². The summed E-state index contributed by atoms with van der Waals surface area (Å²) < 4.78 is 0. The van der Waals surface area contributed by atoms with Gasteiger partial charge < -0.3 is 15.7 Å². The average molecular weight is 254 g/mol. The van der Waals surface area contributed by atoms with Crippen LogP contribution in [0.4, 0.5) is 0 Å². The van der Waals surface area contributed by atoms with Gasteiger partial charge >= 0.3 is 0 Å². The monoisotopic (exact) mass is 254 g/mol. The van der Waals surface area contributed by atoms with Crippen molar-refractivity contribution < 1.29 is 0 Å². The predicted molar refractivity (Wildman–Crippen MR) is 77.6 cm³/mol. The molecule has 0 unspecified atom stereocenters. The summed E-state index contributed by atoms with van der Waals surface area (Å²) in [6, 6.07) is 10.3. The van der Waals surface area contributed by atoms with Gasteiger partial charge in [-0.2, -0.15) is 0 Å². The van der Waals surface area contributed by atoms with Crippen LogP contribution >= 0.6 is 0 Å². The Kier molecular flexibility index (Phi) is 2.87. The van der Waals surface area contributed by atoms with Crippen LogP contribution in [-0.2, 0) is 0 Å². The fraction of sp³-hybridized carbons (Fsp3) is 0.267. The molecule has 0 aliphatic carbocycles. The molecule has 3 aromatic rings. The molecule has 0 aliphatic rings. The molecule has 2 heterocycles. The fourth-order valence-corrected chi connectivity index (χ4v) is 2.18. The van der Waals surface area contributed by atoms with E-state index in [0.29, 0.717) is 5.92 Å². The molecule has 4 heteroatoms. The van der Waals surface area contributed by atoms with Gasteiger partial charge in [0.1, 0.15) is 5.82 Å². The molecule has 0 bridgehead atoms. The topological polar surface area (TPSA) is 70.5 Å². The second kappa shape index (κ2) is 4.55. The van der Waals surface area contributed by atoms with Crippen LogP contribution in [0.3, 0.4) is 0 Å². The van der Waals surface area contributed by atoms with E-state index in [1.165, 1.54) is 5.39 Å². The molecule has 3 rings (SSSR count). The summed E-state index contributed by atoms with van der Waals surface area (Å²) in [7, 11) is 0. The highest BCUT2D eigenvalue weighted by molar-refractivity contribution is 5.85. The van der Waals surface area contributed by atoms with Gasteiger partial charge in [0, 0.05) is 10.9 Å². The predicted octanol–water partition coefficient (Wildman–Crippen LogP) is 3.21. The summed E-state index contributed by atoms with van der Waals surface area (Å²) in [5, 5.41) is 1.20. The highest BCUT2D eigenvalue weighted by Crippen LogP contribution is 2.24. The first kappa shape index (κ1) is 12.0. The van der Waals surface area contributed by atoms with Gasteiger partial charge in [0.15, 0.2) is 0 Å². The molecular formula is C15H18N4. The van der Waals surface area contributed by atoms with E-state index in [-0.39, 0.29) is 6.04 Å². The van der Waals surface area contributed by atoms with Crippen molar-refractivity contribution in [2.75, 3.05) is 0 Å². The number of fused-ring (bicyclic) bond motifs is 1. The van der Waals surface area contributed by atoms with Gasteiger partial charge in [0.05, 0.1) is 23.6 Å². The standard InChI is InChI=1S/C15H18N4/c1-9(2)14(16)15-17-8-13(19-15)12-7-10-5-3-4-6-11(10)18-12/h3-9,14,18H,16H2,1-2H3,(H,17,19)/t14-/m0/s1. The molecule has 98 valence electrons. The van der Waals surface area contributed by atoms with Crippen LogP contribution in [0.25, 0.3) is 22.3 Å². The van der Waals surface area contributed by atoms with E-state index < -0.39 is 0 Å². The Morgan fingerprint density at radius 3 is 2.63 bits per heavy atom. The maximum atomic E-state index is 6.10. The van der Waals surface area contributed by atoms with Crippen molar-refractivity contribution in [2.24, 2.45) is 11.7 Å². The van der Waals surface area contributed by atoms with Crippen molar-refractivity contribution >= 4 is 10.9 Å². The molecule has 1 atom stereocenters. The second-order valence-electron chi connectivity index (χ2n) is 5.22. The molecular weight excluding hydrogens is 236 g/mol. The third-order valence-corrected chi connectivity index (χ3v) is 3.45. The highest BCUT2D eigenvalue weighted by atomic mass is 15.0. The zero-order chi connectivity index (χ0) is 13.4. The van der Waals surface area contributed by atoms with Gasteiger partial charge in [0.2, 0.25) is 0 Å². The Morgan fingerprint density at radius 2 is 1.89 bits per heavy atom. The number of imidazole rings is 1. The minimum atomic E-state index is -0.0573. The molecule has 0 aliphatic heterocycles. The van der Waals surface area contributed by atoms with Gasteiger partial charge in [0.25, 0.3) is 0 Å². The van der Waals surface area contributed by atoms with Crippen LogP contribution in [0.5, 0.6) is 0 Å². The lowest BCUT2D eigenvalue weighted by molar-refractivity contribution is 0.494. The molecule has 0 fully saturated rings.